The lowest BCUT2D eigenvalue weighted by Gasteiger charge is -2.23. The Kier molecular flexibility index (Phi) is 6.77. The van der Waals surface area contributed by atoms with Gasteiger partial charge in [-0.25, -0.2) is 0 Å². The number of amides is 1. The number of ether oxygens (including phenoxy) is 2. The Balaban J connectivity index is 1.89. The molecule has 7 heteroatoms. The number of benzene rings is 2. The fourth-order valence-corrected chi connectivity index (χ4v) is 3.53. The molecule has 32 heavy (non-hydrogen) atoms. The first-order chi connectivity index (χ1) is 15.1. The number of Topliss-reactive ketones (excluding diaryl/α,β-unsaturated/α-hetero) is 2. The SMILES string of the molecule is Cc1cccc(-c2cccc3c2OCCC(=O)C(C(=O)NCC(=O)OC(C)(C)C)C3=O)c1. The molecular formula is C25H27NO6. The van der Waals surface area contributed by atoms with Crippen molar-refractivity contribution >= 4 is 23.4 Å². The van der Waals surface area contributed by atoms with Gasteiger partial charge in [-0.05, 0) is 39.3 Å². The van der Waals surface area contributed by atoms with Gasteiger partial charge >= 0.3 is 5.97 Å². The molecular weight excluding hydrogens is 410 g/mol. The Bertz CT molecular complexity index is 1070. The molecule has 1 aliphatic rings. The second kappa shape index (κ2) is 9.34. The molecule has 2 aromatic rings. The summed E-state index contributed by atoms with van der Waals surface area (Å²) < 4.78 is 11.0. The average molecular weight is 437 g/mol. The lowest BCUT2D eigenvalue weighted by atomic mass is 9.88. The van der Waals surface area contributed by atoms with Crippen molar-refractivity contribution in [1.82, 2.24) is 5.32 Å². The summed E-state index contributed by atoms with van der Waals surface area (Å²) in [4.78, 5) is 50.6. The molecule has 0 saturated carbocycles. The zero-order valence-corrected chi connectivity index (χ0v) is 18.7. The molecule has 1 unspecified atom stereocenters. The van der Waals surface area contributed by atoms with Gasteiger partial charge in [0.1, 0.15) is 17.9 Å². The van der Waals surface area contributed by atoms with Gasteiger partial charge in [-0.1, -0.05) is 42.0 Å². The molecule has 1 heterocycles. The summed E-state index contributed by atoms with van der Waals surface area (Å²) in [6.07, 6.45) is -0.0993. The lowest BCUT2D eigenvalue weighted by molar-refractivity contribution is -0.155. The van der Waals surface area contributed by atoms with E-state index in [4.69, 9.17) is 9.47 Å². The Morgan fingerprint density at radius 1 is 1.09 bits per heavy atom. The fourth-order valence-electron chi connectivity index (χ4n) is 3.53. The predicted molar refractivity (Wildman–Crippen MR) is 118 cm³/mol. The molecule has 0 aliphatic carbocycles. The third-order valence-electron chi connectivity index (χ3n) is 4.88. The molecule has 7 nitrogen and oxygen atoms in total. The van der Waals surface area contributed by atoms with E-state index in [1.807, 2.05) is 37.3 Å². The van der Waals surface area contributed by atoms with Crippen LogP contribution in [-0.2, 0) is 19.1 Å². The van der Waals surface area contributed by atoms with Crippen LogP contribution in [0.4, 0.5) is 0 Å². The normalized spacial score (nSPS) is 16.3. The molecule has 0 aromatic heterocycles. The average Bonchev–Trinajstić information content (AvgIpc) is 2.70. The van der Waals surface area contributed by atoms with Crippen molar-refractivity contribution < 1.29 is 28.7 Å². The van der Waals surface area contributed by atoms with Crippen molar-refractivity contribution in [3.8, 4) is 16.9 Å². The zero-order valence-electron chi connectivity index (χ0n) is 18.7. The van der Waals surface area contributed by atoms with Crippen LogP contribution in [-0.4, -0.2) is 42.2 Å². The van der Waals surface area contributed by atoms with E-state index in [1.54, 1.807) is 32.9 Å². The highest BCUT2D eigenvalue weighted by Crippen LogP contribution is 2.36. The van der Waals surface area contributed by atoms with Gasteiger partial charge in [0.2, 0.25) is 5.91 Å². The minimum Gasteiger partial charge on any atom is -0.492 e. The molecule has 1 N–H and O–H groups in total. The van der Waals surface area contributed by atoms with E-state index in [9.17, 15) is 19.2 Å². The van der Waals surface area contributed by atoms with Gasteiger partial charge in [-0.2, -0.15) is 0 Å². The number of hydrogen-bond acceptors (Lipinski definition) is 6. The van der Waals surface area contributed by atoms with Gasteiger partial charge in [0.05, 0.1) is 12.2 Å². The van der Waals surface area contributed by atoms with Crippen LogP contribution in [0, 0.1) is 12.8 Å². The smallest absolute Gasteiger partial charge is 0.325 e. The fraction of sp³-hybridized carbons (Fsp3) is 0.360. The van der Waals surface area contributed by atoms with Gasteiger partial charge in [-0.3, -0.25) is 19.2 Å². The summed E-state index contributed by atoms with van der Waals surface area (Å²) in [7, 11) is 0. The van der Waals surface area contributed by atoms with Crippen molar-refractivity contribution in [2.45, 2.75) is 39.7 Å². The molecule has 1 aliphatic heterocycles. The summed E-state index contributed by atoms with van der Waals surface area (Å²) in [5.74, 6) is -3.88. The molecule has 168 valence electrons. The van der Waals surface area contributed by atoms with Gasteiger partial charge in [-0.15, -0.1) is 0 Å². The number of fused-ring (bicyclic) bond motifs is 1. The van der Waals surface area contributed by atoms with Crippen LogP contribution in [0.15, 0.2) is 42.5 Å². The van der Waals surface area contributed by atoms with Crippen molar-refractivity contribution in [1.29, 1.82) is 0 Å². The number of rotatable bonds is 4. The molecule has 3 rings (SSSR count). The first kappa shape index (κ1) is 23.2. The van der Waals surface area contributed by atoms with Crippen molar-refractivity contribution in [3.05, 3.63) is 53.6 Å². The highest BCUT2D eigenvalue weighted by molar-refractivity contribution is 6.25. The molecule has 0 saturated heterocycles. The minimum absolute atomic E-state index is 0.0395. The van der Waals surface area contributed by atoms with E-state index in [0.717, 1.165) is 11.1 Å². The molecule has 2 aromatic carbocycles. The summed E-state index contributed by atoms with van der Waals surface area (Å²) in [6, 6.07) is 12.8. The van der Waals surface area contributed by atoms with E-state index in [1.165, 1.54) is 0 Å². The number of ketones is 2. The van der Waals surface area contributed by atoms with Gasteiger partial charge < -0.3 is 14.8 Å². The van der Waals surface area contributed by atoms with Crippen LogP contribution >= 0.6 is 0 Å². The maximum atomic E-state index is 13.3. The minimum atomic E-state index is -1.55. The van der Waals surface area contributed by atoms with Gasteiger partial charge in [0.15, 0.2) is 17.5 Å². The zero-order chi connectivity index (χ0) is 23.5. The van der Waals surface area contributed by atoms with Crippen molar-refractivity contribution in [2.24, 2.45) is 5.92 Å². The number of carbonyl (C=O) groups is 4. The molecule has 0 bridgehead atoms. The second-order valence-corrected chi connectivity index (χ2v) is 8.72. The van der Waals surface area contributed by atoms with Crippen molar-refractivity contribution in [2.75, 3.05) is 13.2 Å². The monoisotopic (exact) mass is 437 g/mol. The van der Waals surface area contributed by atoms with E-state index in [2.05, 4.69) is 5.32 Å². The predicted octanol–water partition coefficient (Wildman–Crippen LogP) is 3.27. The van der Waals surface area contributed by atoms with Crippen LogP contribution in [0.25, 0.3) is 11.1 Å². The van der Waals surface area contributed by atoms with E-state index >= 15 is 0 Å². The van der Waals surface area contributed by atoms with Crippen LogP contribution in [0.5, 0.6) is 5.75 Å². The first-order valence-corrected chi connectivity index (χ1v) is 10.5. The Morgan fingerprint density at radius 3 is 2.47 bits per heavy atom. The molecule has 0 fully saturated rings. The number of esters is 1. The Morgan fingerprint density at radius 2 is 1.78 bits per heavy atom. The summed E-state index contributed by atoms with van der Waals surface area (Å²) in [5, 5.41) is 2.37. The van der Waals surface area contributed by atoms with E-state index in [0.29, 0.717) is 11.3 Å². The number of para-hydroxylation sites is 1. The van der Waals surface area contributed by atoms with E-state index in [-0.39, 0.29) is 18.6 Å². The van der Waals surface area contributed by atoms with Gasteiger partial charge in [0, 0.05) is 12.0 Å². The van der Waals surface area contributed by atoms with Crippen molar-refractivity contribution in [3.63, 3.8) is 0 Å². The first-order valence-electron chi connectivity index (χ1n) is 10.5. The number of hydrogen-bond donors (Lipinski definition) is 1. The third kappa shape index (κ3) is 5.41. The summed E-state index contributed by atoms with van der Waals surface area (Å²) in [6.45, 7) is 6.69. The Hall–Kier alpha value is -3.48. The van der Waals surface area contributed by atoms with Crippen LogP contribution in [0.2, 0.25) is 0 Å². The number of carbonyl (C=O) groups excluding carboxylic acids is 4. The highest BCUT2D eigenvalue weighted by Gasteiger charge is 2.38. The molecule has 1 atom stereocenters. The van der Waals surface area contributed by atoms with Crippen LogP contribution in [0.3, 0.4) is 0 Å². The quantitative estimate of drug-likeness (QED) is 0.582. The van der Waals surface area contributed by atoms with Crippen LogP contribution < -0.4 is 10.1 Å². The Labute approximate surface area is 187 Å². The largest absolute Gasteiger partial charge is 0.492 e. The molecule has 0 spiro atoms. The highest BCUT2D eigenvalue weighted by atomic mass is 16.6. The third-order valence-corrected chi connectivity index (χ3v) is 4.88. The topological polar surface area (TPSA) is 98.8 Å². The van der Waals surface area contributed by atoms with E-state index < -0.39 is 41.5 Å². The number of nitrogens with one attached hydrogen (secondary N) is 1. The standard InChI is InChI=1S/C25H27NO6/c1-15-7-5-8-16(13-15)17-9-6-10-18-22(29)21(19(27)11-12-31-23(17)18)24(30)26-14-20(28)32-25(2,3)4/h5-10,13,21H,11-12,14H2,1-4H3,(H,26,30). The second-order valence-electron chi connectivity index (χ2n) is 8.72. The maximum Gasteiger partial charge on any atom is 0.325 e. The van der Waals surface area contributed by atoms with Crippen LogP contribution in [0.1, 0.15) is 43.1 Å². The van der Waals surface area contributed by atoms with Gasteiger partial charge in [0.25, 0.3) is 0 Å². The maximum absolute atomic E-state index is 13.3. The number of aryl methyl sites for hydroxylation is 1. The summed E-state index contributed by atoms with van der Waals surface area (Å²) >= 11 is 0. The molecule has 1 amide bonds. The summed E-state index contributed by atoms with van der Waals surface area (Å²) in [5.41, 5.74) is 2.08. The lowest BCUT2D eigenvalue weighted by Crippen LogP contribution is -2.44. The molecule has 0 radical (unpaired) electrons.